The Kier molecular flexibility index (Phi) is 8.32. The van der Waals surface area contributed by atoms with Gasteiger partial charge in [-0.3, -0.25) is 4.79 Å². The fourth-order valence-electron chi connectivity index (χ4n) is 3.16. The van der Waals surface area contributed by atoms with Gasteiger partial charge in [-0.05, 0) is 47.9 Å². The Morgan fingerprint density at radius 1 is 0.939 bits per heavy atom. The van der Waals surface area contributed by atoms with E-state index in [4.69, 9.17) is 21.1 Å². The number of hydrogen-bond acceptors (Lipinski definition) is 5. The molecule has 0 aromatic heterocycles. The number of hydrogen-bond donors (Lipinski definition) is 2. The number of methoxy groups -OCH3 is 2. The van der Waals surface area contributed by atoms with E-state index in [1.807, 2.05) is 42.5 Å². The monoisotopic (exact) mass is 488 g/mol. The fourth-order valence-corrected chi connectivity index (χ4v) is 4.71. The number of halogens is 1. The molecule has 0 fully saturated rings. The molecule has 0 aliphatic carbocycles. The fraction of sp³-hybridized carbons (Fsp3) is 0.208. The molecule has 3 rings (SSSR count). The highest BCUT2D eigenvalue weighted by Gasteiger charge is 2.26. The molecule has 0 bridgehead atoms. The van der Waals surface area contributed by atoms with Gasteiger partial charge >= 0.3 is 0 Å². The lowest BCUT2D eigenvalue weighted by Crippen LogP contribution is -2.47. The highest BCUT2D eigenvalue weighted by Crippen LogP contribution is 2.27. The normalized spacial score (nSPS) is 12.1. The average molecular weight is 489 g/mol. The summed E-state index contributed by atoms with van der Waals surface area (Å²) in [7, 11) is -1.01. The molecule has 0 saturated carbocycles. The number of carbonyl (C=O) groups excluding carboxylic acids is 1. The number of sulfonamides is 1. The van der Waals surface area contributed by atoms with Crippen LogP contribution in [0.2, 0.25) is 5.02 Å². The first-order chi connectivity index (χ1) is 15.8. The molecule has 1 amide bonds. The molecule has 1 atom stereocenters. The molecule has 0 aliphatic rings. The topological polar surface area (TPSA) is 93.7 Å². The molecule has 0 spiro atoms. The van der Waals surface area contributed by atoms with Gasteiger partial charge in [-0.15, -0.1) is 0 Å². The average Bonchev–Trinajstić information content (AvgIpc) is 2.83. The predicted octanol–water partition coefficient (Wildman–Crippen LogP) is 3.56. The largest absolute Gasteiger partial charge is 0.497 e. The number of carbonyl (C=O) groups is 1. The molecule has 0 unspecified atom stereocenters. The maximum atomic E-state index is 13.0. The first-order valence-electron chi connectivity index (χ1n) is 10.1. The molecule has 7 nitrogen and oxygen atoms in total. The molecular formula is C24H25ClN2O5S. The van der Waals surface area contributed by atoms with Crippen LogP contribution in [0.3, 0.4) is 0 Å². The van der Waals surface area contributed by atoms with Crippen LogP contribution in [0.5, 0.6) is 11.5 Å². The van der Waals surface area contributed by atoms with E-state index >= 15 is 0 Å². The summed E-state index contributed by atoms with van der Waals surface area (Å²) in [5.74, 6) is 0.615. The zero-order valence-electron chi connectivity index (χ0n) is 18.2. The molecule has 0 aliphatic heterocycles. The van der Waals surface area contributed by atoms with Gasteiger partial charge in [0.2, 0.25) is 15.9 Å². The summed E-state index contributed by atoms with van der Waals surface area (Å²) in [6, 6.07) is 19.5. The highest BCUT2D eigenvalue weighted by molar-refractivity contribution is 7.89. The van der Waals surface area contributed by atoms with E-state index in [1.54, 1.807) is 19.2 Å². The number of benzene rings is 3. The van der Waals surface area contributed by atoms with Crippen molar-refractivity contribution in [3.8, 4) is 11.5 Å². The summed E-state index contributed by atoms with van der Waals surface area (Å²) in [6.07, 6.45) is 0.179. The smallest absolute Gasteiger partial charge is 0.241 e. The molecule has 3 aromatic rings. The Bertz CT molecular complexity index is 1190. The molecule has 33 heavy (non-hydrogen) atoms. The van der Waals surface area contributed by atoms with E-state index in [9.17, 15) is 13.2 Å². The van der Waals surface area contributed by atoms with E-state index in [2.05, 4.69) is 10.0 Å². The van der Waals surface area contributed by atoms with Crippen LogP contribution in [-0.4, -0.2) is 34.6 Å². The Morgan fingerprint density at radius 2 is 1.64 bits per heavy atom. The number of rotatable bonds is 10. The summed E-state index contributed by atoms with van der Waals surface area (Å²) < 4.78 is 38.8. The van der Waals surface area contributed by atoms with Gasteiger partial charge in [0.25, 0.3) is 0 Å². The van der Waals surface area contributed by atoms with Crippen molar-refractivity contribution in [1.29, 1.82) is 0 Å². The molecule has 0 saturated heterocycles. The third-order valence-corrected chi connectivity index (χ3v) is 6.72. The van der Waals surface area contributed by atoms with Crippen LogP contribution in [0, 0.1) is 0 Å². The van der Waals surface area contributed by atoms with Gasteiger partial charge in [0.05, 0.1) is 24.1 Å². The summed E-state index contributed by atoms with van der Waals surface area (Å²) in [5.41, 5.74) is 1.67. The first kappa shape index (κ1) is 24.6. The minimum absolute atomic E-state index is 0.0608. The lowest BCUT2D eigenvalue weighted by molar-refractivity contribution is -0.122. The van der Waals surface area contributed by atoms with Crippen molar-refractivity contribution in [3.05, 3.63) is 88.9 Å². The third-order valence-electron chi connectivity index (χ3n) is 4.96. The van der Waals surface area contributed by atoms with Crippen LogP contribution >= 0.6 is 11.6 Å². The molecule has 0 radical (unpaired) electrons. The van der Waals surface area contributed by atoms with Gasteiger partial charge < -0.3 is 14.8 Å². The minimum Gasteiger partial charge on any atom is -0.497 e. The Hall–Kier alpha value is -3.07. The summed E-state index contributed by atoms with van der Waals surface area (Å²) >= 11 is 6.10. The number of nitrogens with one attached hydrogen (secondary N) is 2. The van der Waals surface area contributed by atoms with Gasteiger partial charge in [-0.1, -0.05) is 54.1 Å². The zero-order valence-corrected chi connectivity index (χ0v) is 19.8. The maximum absolute atomic E-state index is 13.0. The second kappa shape index (κ2) is 11.2. The van der Waals surface area contributed by atoms with Crippen molar-refractivity contribution in [2.75, 3.05) is 14.2 Å². The van der Waals surface area contributed by atoms with Gasteiger partial charge in [0, 0.05) is 6.54 Å². The van der Waals surface area contributed by atoms with E-state index < -0.39 is 22.0 Å². The van der Waals surface area contributed by atoms with Gasteiger partial charge in [0.1, 0.15) is 17.5 Å². The second-order valence-corrected chi connectivity index (χ2v) is 9.35. The van der Waals surface area contributed by atoms with Crippen LogP contribution in [0.15, 0.2) is 77.7 Å². The number of amides is 1. The van der Waals surface area contributed by atoms with E-state index in [1.165, 1.54) is 25.3 Å². The Labute approximate surface area is 198 Å². The van der Waals surface area contributed by atoms with E-state index in [0.717, 1.165) is 11.1 Å². The van der Waals surface area contributed by atoms with Crippen LogP contribution in [0.1, 0.15) is 11.1 Å². The van der Waals surface area contributed by atoms with Crippen LogP contribution in [0.25, 0.3) is 0 Å². The molecular weight excluding hydrogens is 464 g/mol. The summed E-state index contributed by atoms with van der Waals surface area (Å²) in [4.78, 5) is 13.0. The molecule has 3 aromatic carbocycles. The molecule has 0 heterocycles. The van der Waals surface area contributed by atoms with Gasteiger partial charge in [-0.25, -0.2) is 8.42 Å². The quantitative estimate of drug-likeness (QED) is 0.455. The first-order valence-corrected chi connectivity index (χ1v) is 12.0. The Balaban J connectivity index is 1.79. The summed E-state index contributed by atoms with van der Waals surface area (Å²) in [6.45, 7) is 0.240. The van der Waals surface area contributed by atoms with Crippen molar-refractivity contribution in [2.24, 2.45) is 0 Å². The van der Waals surface area contributed by atoms with Crippen molar-refractivity contribution < 1.29 is 22.7 Å². The van der Waals surface area contributed by atoms with Crippen LogP contribution in [0.4, 0.5) is 0 Å². The van der Waals surface area contributed by atoms with Crippen LogP contribution in [-0.2, 0) is 27.8 Å². The minimum atomic E-state index is -4.03. The standard InChI is InChI=1S/C24H25ClN2O5S/c1-31-19-10-8-18(9-11-19)16-26-24(28)22(14-17-6-4-3-5-7-17)27-33(29,30)20-12-13-23(32-2)21(25)15-20/h3-13,15,22,27H,14,16H2,1-2H3,(H,26,28)/t22-/m1/s1. The molecule has 9 heteroatoms. The maximum Gasteiger partial charge on any atom is 0.241 e. The van der Waals surface area contributed by atoms with Gasteiger partial charge in [-0.2, -0.15) is 4.72 Å². The highest BCUT2D eigenvalue weighted by atomic mass is 35.5. The van der Waals surface area contributed by atoms with E-state index in [0.29, 0.717) is 11.5 Å². The predicted molar refractivity (Wildman–Crippen MR) is 127 cm³/mol. The summed E-state index contributed by atoms with van der Waals surface area (Å²) in [5, 5.41) is 2.96. The van der Waals surface area contributed by atoms with Crippen molar-refractivity contribution in [2.45, 2.75) is 23.9 Å². The van der Waals surface area contributed by atoms with Crippen molar-refractivity contribution >= 4 is 27.5 Å². The van der Waals surface area contributed by atoms with Crippen molar-refractivity contribution in [3.63, 3.8) is 0 Å². The zero-order chi connectivity index (χ0) is 23.8. The van der Waals surface area contributed by atoms with E-state index in [-0.39, 0.29) is 22.9 Å². The third kappa shape index (κ3) is 6.71. The lowest BCUT2D eigenvalue weighted by Gasteiger charge is -2.19. The molecule has 2 N–H and O–H groups in total. The van der Waals surface area contributed by atoms with Crippen molar-refractivity contribution in [1.82, 2.24) is 10.0 Å². The second-order valence-electron chi connectivity index (χ2n) is 7.23. The SMILES string of the molecule is COc1ccc(CNC(=O)[C@@H](Cc2ccccc2)NS(=O)(=O)c2ccc(OC)c(Cl)c2)cc1. The Morgan fingerprint density at radius 3 is 2.24 bits per heavy atom. The lowest BCUT2D eigenvalue weighted by atomic mass is 10.1. The molecule has 174 valence electrons. The van der Waals surface area contributed by atoms with Crippen LogP contribution < -0.4 is 19.5 Å². The number of ether oxygens (including phenoxy) is 2. The van der Waals surface area contributed by atoms with Gasteiger partial charge in [0.15, 0.2) is 0 Å².